The lowest BCUT2D eigenvalue weighted by atomic mass is 10.1. The van der Waals surface area contributed by atoms with Crippen LogP contribution in [0.1, 0.15) is 43.5 Å². The molecular formula is C21H25N3O3S2. The lowest BCUT2D eigenvalue weighted by Gasteiger charge is -2.32. The molecule has 0 aromatic heterocycles. The van der Waals surface area contributed by atoms with Crippen LogP contribution < -0.4 is 10.6 Å². The van der Waals surface area contributed by atoms with Crippen LogP contribution in [-0.2, 0) is 10.0 Å². The molecule has 8 heteroatoms. The Morgan fingerprint density at radius 3 is 2.07 bits per heavy atom. The summed E-state index contributed by atoms with van der Waals surface area (Å²) in [7, 11) is -3.49. The van der Waals surface area contributed by atoms with E-state index in [1.807, 2.05) is 6.92 Å². The van der Waals surface area contributed by atoms with Crippen LogP contribution in [-0.4, -0.2) is 36.2 Å². The molecule has 2 aromatic rings. The highest BCUT2D eigenvalue weighted by atomic mass is 32.2. The molecular weight excluding hydrogens is 406 g/mol. The van der Waals surface area contributed by atoms with Crippen molar-refractivity contribution in [3.63, 3.8) is 0 Å². The number of thiocarbonyl (C=S) groups is 1. The maximum absolute atomic E-state index is 12.9. The fourth-order valence-corrected chi connectivity index (χ4v) is 5.29. The van der Waals surface area contributed by atoms with Gasteiger partial charge in [0.25, 0.3) is 0 Å². The molecule has 2 aromatic carbocycles. The Kier molecular flexibility index (Phi) is 6.66. The Balaban J connectivity index is 1.64. The number of rotatable bonds is 5. The molecule has 1 saturated heterocycles. The van der Waals surface area contributed by atoms with Crippen molar-refractivity contribution >= 4 is 44.5 Å². The minimum absolute atomic E-state index is 0.00578. The zero-order valence-corrected chi connectivity index (χ0v) is 18.1. The molecule has 0 aliphatic carbocycles. The quantitative estimate of drug-likeness (QED) is 0.544. The lowest BCUT2D eigenvalue weighted by Crippen LogP contribution is -2.41. The lowest BCUT2D eigenvalue weighted by molar-refractivity contribution is 0.101. The molecule has 3 rings (SSSR count). The van der Waals surface area contributed by atoms with E-state index < -0.39 is 10.0 Å². The average molecular weight is 432 g/mol. The van der Waals surface area contributed by atoms with Gasteiger partial charge in [-0.25, -0.2) is 8.42 Å². The average Bonchev–Trinajstić information content (AvgIpc) is 2.69. The molecule has 0 radical (unpaired) electrons. The van der Waals surface area contributed by atoms with E-state index in [4.69, 9.17) is 12.2 Å². The number of piperidine rings is 1. The first-order valence-electron chi connectivity index (χ1n) is 9.58. The van der Waals surface area contributed by atoms with Gasteiger partial charge >= 0.3 is 0 Å². The first kappa shape index (κ1) is 21.4. The van der Waals surface area contributed by atoms with Crippen molar-refractivity contribution in [3.8, 4) is 0 Å². The van der Waals surface area contributed by atoms with Crippen LogP contribution in [0.25, 0.3) is 0 Å². The van der Waals surface area contributed by atoms with Crippen LogP contribution in [0.3, 0.4) is 0 Å². The summed E-state index contributed by atoms with van der Waals surface area (Å²) in [6.45, 7) is 4.05. The summed E-state index contributed by atoms with van der Waals surface area (Å²) in [6.07, 6.45) is 2.86. The Hall–Kier alpha value is -2.29. The highest BCUT2D eigenvalue weighted by Crippen LogP contribution is 2.26. The Labute approximate surface area is 177 Å². The molecule has 0 saturated carbocycles. The first-order chi connectivity index (χ1) is 13.8. The van der Waals surface area contributed by atoms with Gasteiger partial charge < -0.3 is 10.6 Å². The fourth-order valence-electron chi connectivity index (χ4n) is 3.36. The van der Waals surface area contributed by atoms with E-state index in [2.05, 4.69) is 10.6 Å². The molecule has 154 valence electrons. The maximum atomic E-state index is 12.9. The number of nitrogens with zero attached hydrogens (tertiary/aromatic N) is 1. The molecule has 0 bridgehead atoms. The van der Waals surface area contributed by atoms with E-state index in [0.717, 1.165) is 24.9 Å². The van der Waals surface area contributed by atoms with Crippen molar-refractivity contribution in [2.24, 2.45) is 0 Å². The van der Waals surface area contributed by atoms with E-state index in [1.54, 1.807) is 52.8 Å². The first-order valence-corrected chi connectivity index (χ1v) is 11.4. The summed E-state index contributed by atoms with van der Waals surface area (Å²) in [5.74, 6) is 0.00578. The number of ketones is 1. The highest BCUT2D eigenvalue weighted by Gasteiger charge is 2.30. The number of sulfonamides is 1. The van der Waals surface area contributed by atoms with E-state index in [0.29, 0.717) is 22.9 Å². The highest BCUT2D eigenvalue weighted by molar-refractivity contribution is 7.89. The molecule has 2 N–H and O–H groups in total. The van der Waals surface area contributed by atoms with Crippen molar-refractivity contribution in [1.29, 1.82) is 0 Å². The topological polar surface area (TPSA) is 78.5 Å². The maximum Gasteiger partial charge on any atom is 0.243 e. The van der Waals surface area contributed by atoms with Gasteiger partial charge in [-0.1, -0.05) is 6.42 Å². The van der Waals surface area contributed by atoms with Crippen molar-refractivity contribution in [2.45, 2.75) is 44.0 Å². The summed E-state index contributed by atoms with van der Waals surface area (Å²) in [4.78, 5) is 11.6. The Morgan fingerprint density at radius 2 is 1.55 bits per heavy atom. The van der Waals surface area contributed by atoms with Crippen molar-refractivity contribution in [1.82, 2.24) is 4.31 Å². The second-order valence-corrected chi connectivity index (χ2v) is 9.50. The molecule has 29 heavy (non-hydrogen) atoms. The Bertz CT molecular complexity index is 987. The predicted octanol–water partition coefficient (Wildman–Crippen LogP) is 4.26. The minimum Gasteiger partial charge on any atom is -0.332 e. The summed E-state index contributed by atoms with van der Waals surface area (Å²) < 4.78 is 27.4. The third-order valence-electron chi connectivity index (χ3n) is 5.01. The van der Waals surface area contributed by atoms with Gasteiger partial charge in [-0.2, -0.15) is 4.31 Å². The van der Waals surface area contributed by atoms with Gasteiger partial charge in [-0.3, -0.25) is 4.79 Å². The number of Topliss-reactive ketones (excluding diaryl/α,β-unsaturated/α-hetero) is 1. The number of carbonyl (C=O) groups excluding carboxylic acids is 1. The summed E-state index contributed by atoms with van der Waals surface area (Å²) in [5.41, 5.74) is 2.08. The number of benzene rings is 2. The van der Waals surface area contributed by atoms with Crippen LogP contribution in [0, 0.1) is 0 Å². The van der Waals surface area contributed by atoms with Crippen molar-refractivity contribution in [2.75, 3.05) is 17.2 Å². The van der Waals surface area contributed by atoms with Crippen LogP contribution in [0.4, 0.5) is 11.4 Å². The molecule has 1 atom stereocenters. The van der Waals surface area contributed by atoms with E-state index in [9.17, 15) is 13.2 Å². The molecule has 6 nitrogen and oxygen atoms in total. The third-order valence-corrected chi connectivity index (χ3v) is 7.24. The van der Waals surface area contributed by atoms with Gasteiger partial charge in [0.1, 0.15) is 0 Å². The second kappa shape index (κ2) is 9.02. The summed E-state index contributed by atoms with van der Waals surface area (Å²) >= 11 is 5.31. The van der Waals surface area contributed by atoms with Crippen molar-refractivity contribution in [3.05, 3.63) is 54.1 Å². The SMILES string of the molecule is CC(=O)c1ccc(NC(=S)Nc2ccc(S(=O)(=O)N3CCCCC3C)cc2)cc1. The monoisotopic (exact) mass is 431 g/mol. The number of anilines is 2. The largest absolute Gasteiger partial charge is 0.332 e. The number of hydrogen-bond acceptors (Lipinski definition) is 4. The van der Waals surface area contributed by atoms with Crippen LogP contribution in [0.5, 0.6) is 0 Å². The number of hydrogen-bond donors (Lipinski definition) is 2. The molecule has 1 fully saturated rings. The zero-order valence-electron chi connectivity index (χ0n) is 16.5. The van der Waals surface area contributed by atoms with Crippen molar-refractivity contribution < 1.29 is 13.2 Å². The van der Waals surface area contributed by atoms with Gasteiger partial charge in [0, 0.05) is 29.5 Å². The molecule has 1 heterocycles. The van der Waals surface area contributed by atoms with E-state index in [1.165, 1.54) is 6.92 Å². The summed E-state index contributed by atoms with van der Waals surface area (Å²) in [6, 6.07) is 13.6. The van der Waals surface area contributed by atoms with E-state index >= 15 is 0 Å². The minimum atomic E-state index is -3.49. The standard InChI is InChI=1S/C21H25N3O3S2/c1-15-5-3-4-14-24(15)29(26,27)20-12-10-19(11-13-20)23-21(28)22-18-8-6-17(7-9-18)16(2)25/h6-13,15H,3-5,14H2,1-2H3,(H2,22,23,28). The number of carbonyl (C=O) groups is 1. The smallest absolute Gasteiger partial charge is 0.243 e. The molecule has 1 aliphatic heterocycles. The fraction of sp³-hybridized carbons (Fsp3) is 0.333. The van der Waals surface area contributed by atoms with Gasteiger partial charge in [-0.05, 0) is 87.4 Å². The molecule has 1 unspecified atom stereocenters. The second-order valence-electron chi connectivity index (χ2n) is 7.20. The zero-order chi connectivity index (χ0) is 21.0. The van der Waals surface area contributed by atoms with Gasteiger partial charge in [0.05, 0.1) is 4.90 Å². The summed E-state index contributed by atoms with van der Waals surface area (Å²) in [5, 5.41) is 6.46. The molecule has 0 spiro atoms. The Morgan fingerprint density at radius 1 is 1.00 bits per heavy atom. The van der Waals surface area contributed by atoms with Crippen LogP contribution >= 0.6 is 12.2 Å². The van der Waals surface area contributed by atoms with E-state index in [-0.39, 0.29) is 16.7 Å². The predicted molar refractivity (Wildman–Crippen MR) is 120 cm³/mol. The number of nitrogens with one attached hydrogen (secondary N) is 2. The van der Waals surface area contributed by atoms with Gasteiger partial charge in [0.15, 0.2) is 10.9 Å². The van der Waals surface area contributed by atoms with Gasteiger partial charge in [-0.15, -0.1) is 0 Å². The normalized spacial score (nSPS) is 17.5. The van der Waals surface area contributed by atoms with Crippen LogP contribution in [0.15, 0.2) is 53.4 Å². The van der Waals surface area contributed by atoms with Gasteiger partial charge in [0.2, 0.25) is 10.0 Å². The third kappa shape index (κ3) is 5.20. The molecule has 1 aliphatic rings. The molecule has 0 amide bonds. The van der Waals surface area contributed by atoms with Crippen LogP contribution in [0.2, 0.25) is 0 Å².